The van der Waals surface area contributed by atoms with Crippen LogP contribution in [0.1, 0.15) is 0 Å². The maximum absolute atomic E-state index is 10.3. The van der Waals surface area contributed by atoms with Gasteiger partial charge in [0.05, 0.1) is 5.75 Å². The molecular formula is C5H14N2O3S2. The Kier molecular flexibility index (Phi) is 5.85. The van der Waals surface area contributed by atoms with Gasteiger partial charge in [0.15, 0.2) is 0 Å². The van der Waals surface area contributed by atoms with Crippen LogP contribution in [0, 0.1) is 0 Å². The highest BCUT2D eigenvalue weighted by atomic mass is 32.2. The molecule has 0 aliphatic carbocycles. The number of nitrogens with zero attached hydrogens (tertiary/aromatic N) is 1. The number of rotatable bonds is 6. The zero-order valence-electron chi connectivity index (χ0n) is 6.93. The van der Waals surface area contributed by atoms with E-state index < -0.39 is 10.1 Å². The second kappa shape index (κ2) is 5.76. The summed E-state index contributed by atoms with van der Waals surface area (Å²) in [6.45, 7) is 1.05. The van der Waals surface area contributed by atoms with Crippen molar-refractivity contribution >= 4 is 22.1 Å². The van der Waals surface area contributed by atoms with Gasteiger partial charge in [0.2, 0.25) is 0 Å². The van der Waals surface area contributed by atoms with E-state index in [1.807, 2.05) is 0 Å². The first kappa shape index (κ1) is 12.2. The summed E-state index contributed by atoms with van der Waals surface area (Å²) < 4.78 is 29.0. The van der Waals surface area contributed by atoms with Crippen LogP contribution in [0.4, 0.5) is 0 Å². The highest BCUT2D eigenvalue weighted by Crippen LogP contribution is 1.91. The Bertz CT molecular complexity index is 205. The second-order valence-corrected chi connectivity index (χ2v) is 4.77. The van der Waals surface area contributed by atoms with E-state index in [9.17, 15) is 8.42 Å². The molecule has 0 radical (unpaired) electrons. The van der Waals surface area contributed by atoms with Crippen molar-refractivity contribution in [3.63, 3.8) is 0 Å². The quantitative estimate of drug-likeness (QED) is 0.454. The van der Waals surface area contributed by atoms with Crippen LogP contribution in [-0.4, -0.2) is 49.5 Å². The van der Waals surface area contributed by atoms with E-state index in [2.05, 4.69) is 0 Å². The summed E-state index contributed by atoms with van der Waals surface area (Å²) in [6, 6.07) is 0. The Hall–Kier alpha value is 0.180. The van der Waals surface area contributed by atoms with Crippen molar-refractivity contribution in [1.82, 2.24) is 4.90 Å². The minimum absolute atomic E-state index is 0.223. The van der Waals surface area contributed by atoms with E-state index in [4.69, 9.17) is 9.69 Å². The largest absolute Gasteiger partial charge is 0.304 e. The summed E-state index contributed by atoms with van der Waals surface area (Å²) in [5.41, 5.74) is 0. The van der Waals surface area contributed by atoms with E-state index in [-0.39, 0.29) is 5.75 Å². The van der Waals surface area contributed by atoms with Crippen LogP contribution < -0.4 is 5.14 Å². The fourth-order valence-electron chi connectivity index (χ4n) is 0.592. The molecule has 0 aromatic rings. The Labute approximate surface area is 77.2 Å². The lowest BCUT2D eigenvalue weighted by atomic mass is 10.6. The lowest BCUT2D eigenvalue weighted by molar-refractivity contribution is 0.370. The van der Waals surface area contributed by atoms with Crippen LogP contribution in [-0.2, 0) is 10.1 Å². The fraction of sp³-hybridized carbons (Fsp3) is 1.00. The van der Waals surface area contributed by atoms with Gasteiger partial charge >= 0.3 is 0 Å². The highest BCUT2D eigenvalue weighted by molar-refractivity contribution is 7.97. The fourth-order valence-corrected chi connectivity index (χ4v) is 1.55. The molecule has 0 atom stereocenters. The van der Waals surface area contributed by atoms with Crippen molar-refractivity contribution in [2.24, 2.45) is 5.14 Å². The van der Waals surface area contributed by atoms with Gasteiger partial charge in [-0.25, -0.2) is 0 Å². The molecule has 5 nitrogen and oxygen atoms in total. The molecule has 0 bridgehead atoms. The molecule has 0 amide bonds. The molecule has 7 heteroatoms. The van der Waals surface area contributed by atoms with E-state index in [1.165, 1.54) is 11.9 Å². The molecule has 0 aliphatic rings. The molecular weight excluding hydrogens is 200 g/mol. The van der Waals surface area contributed by atoms with Gasteiger partial charge < -0.3 is 4.90 Å². The van der Waals surface area contributed by atoms with E-state index >= 15 is 0 Å². The summed E-state index contributed by atoms with van der Waals surface area (Å²) in [5, 5.41) is 5.18. The SMILES string of the molecule is CN(CCSN)CCS(=O)(=O)O. The van der Waals surface area contributed by atoms with Gasteiger partial charge in [0.1, 0.15) is 0 Å². The van der Waals surface area contributed by atoms with Crippen molar-refractivity contribution in [2.75, 3.05) is 31.6 Å². The molecule has 0 rings (SSSR count). The van der Waals surface area contributed by atoms with Gasteiger partial charge in [-0.1, -0.05) is 11.9 Å². The zero-order chi connectivity index (χ0) is 9.61. The van der Waals surface area contributed by atoms with Gasteiger partial charge in [0, 0.05) is 18.8 Å². The normalized spacial score (nSPS) is 12.3. The summed E-state index contributed by atoms with van der Waals surface area (Å²) in [4.78, 5) is 1.80. The molecule has 0 aromatic carbocycles. The van der Waals surface area contributed by atoms with Crippen LogP contribution in [0.15, 0.2) is 0 Å². The van der Waals surface area contributed by atoms with Gasteiger partial charge in [0.25, 0.3) is 10.1 Å². The first-order valence-corrected chi connectivity index (χ1v) is 6.07. The summed E-state index contributed by atoms with van der Waals surface area (Å²) >= 11 is 1.21. The predicted octanol–water partition coefficient (Wildman–Crippen LogP) is -0.587. The number of hydrogen-bond acceptors (Lipinski definition) is 5. The third kappa shape index (κ3) is 8.28. The summed E-state index contributed by atoms with van der Waals surface area (Å²) in [7, 11) is -2.04. The highest BCUT2D eigenvalue weighted by Gasteiger charge is 2.06. The molecule has 0 aliphatic heterocycles. The Morgan fingerprint density at radius 1 is 1.50 bits per heavy atom. The number of nitrogens with two attached hydrogens (primary N) is 1. The minimum atomic E-state index is -3.82. The average molecular weight is 214 g/mol. The van der Waals surface area contributed by atoms with Gasteiger partial charge in [-0.3, -0.25) is 9.69 Å². The number of hydrogen-bond donors (Lipinski definition) is 2. The van der Waals surface area contributed by atoms with Crippen LogP contribution in [0.25, 0.3) is 0 Å². The minimum Gasteiger partial charge on any atom is -0.304 e. The summed E-state index contributed by atoms with van der Waals surface area (Å²) in [6.07, 6.45) is 0. The molecule has 0 unspecified atom stereocenters. The molecule has 74 valence electrons. The van der Waals surface area contributed by atoms with E-state index in [0.29, 0.717) is 6.54 Å². The van der Waals surface area contributed by atoms with Crippen molar-refractivity contribution in [2.45, 2.75) is 0 Å². The Morgan fingerprint density at radius 2 is 2.08 bits per heavy atom. The zero-order valence-corrected chi connectivity index (χ0v) is 8.57. The van der Waals surface area contributed by atoms with Crippen LogP contribution in [0.2, 0.25) is 0 Å². The molecule has 0 aromatic heterocycles. The third-order valence-electron chi connectivity index (χ3n) is 1.32. The predicted molar refractivity (Wildman–Crippen MR) is 50.6 cm³/mol. The molecule has 0 fully saturated rings. The van der Waals surface area contributed by atoms with Crippen molar-refractivity contribution in [3.05, 3.63) is 0 Å². The van der Waals surface area contributed by atoms with Gasteiger partial charge in [-0.15, -0.1) is 0 Å². The monoisotopic (exact) mass is 214 g/mol. The third-order valence-corrected chi connectivity index (χ3v) is 2.44. The van der Waals surface area contributed by atoms with Crippen LogP contribution >= 0.6 is 11.9 Å². The Balaban J connectivity index is 3.51. The lowest BCUT2D eigenvalue weighted by Gasteiger charge is -2.13. The van der Waals surface area contributed by atoms with Crippen molar-refractivity contribution < 1.29 is 13.0 Å². The van der Waals surface area contributed by atoms with Crippen LogP contribution in [0.5, 0.6) is 0 Å². The van der Waals surface area contributed by atoms with Gasteiger partial charge in [-0.05, 0) is 7.05 Å². The first-order valence-electron chi connectivity index (χ1n) is 3.41. The molecule has 0 heterocycles. The molecule has 0 saturated carbocycles. The maximum Gasteiger partial charge on any atom is 0.266 e. The van der Waals surface area contributed by atoms with Crippen molar-refractivity contribution in [3.8, 4) is 0 Å². The van der Waals surface area contributed by atoms with Crippen LogP contribution in [0.3, 0.4) is 0 Å². The second-order valence-electron chi connectivity index (χ2n) is 2.46. The van der Waals surface area contributed by atoms with Crippen molar-refractivity contribution in [1.29, 1.82) is 0 Å². The van der Waals surface area contributed by atoms with E-state index in [1.54, 1.807) is 11.9 Å². The lowest BCUT2D eigenvalue weighted by Crippen LogP contribution is -2.27. The molecule has 0 spiro atoms. The average Bonchev–Trinajstić information content (AvgIpc) is 1.95. The topological polar surface area (TPSA) is 83.6 Å². The molecule has 12 heavy (non-hydrogen) atoms. The summed E-state index contributed by atoms with van der Waals surface area (Å²) in [5.74, 6) is 0.528. The standard InChI is InChI=1S/C5H14N2O3S2/c1-7(2-4-11-6)3-5-12(8,9)10/h2-6H2,1H3,(H,8,9,10). The first-order chi connectivity index (χ1) is 5.45. The maximum atomic E-state index is 10.3. The Morgan fingerprint density at radius 3 is 2.50 bits per heavy atom. The van der Waals surface area contributed by atoms with Gasteiger partial charge in [-0.2, -0.15) is 8.42 Å². The smallest absolute Gasteiger partial charge is 0.266 e. The molecule has 0 saturated heterocycles. The molecule has 3 N–H and O–H groups in total. The van der Waals surface area contributed by atoms with E-state index in [0.717, 1.165) is 12.3 Å².